The molecule has 0 bridgehead atoms. The summed E-state index contributed by atoms with van der Waals surface area (Å²) >= 11 is 0. The maximum atomic E-state index is 13.8. The summed E-state index contributed by atoms with van der Waals surface area (Å²) in [5.41, 5.74) is 9.60. The molecule has 0 atom stereocenters. The van der Waals surface area contributed by atoms with E-state index in [0.717, 1.165) is 22.4 Å². The molecule has 1 aliphatic heterocycles. The lowest BCUT2D eigenvalue weighted by Crippen LogP contribution is -2.29. The third-order valence-electron chi connectivity index (χ3n) is 5.67. The number of rotatable bonds is 5. The number of nitrogen functional groups attached to an aromatic ring is 1. The smallest absolute Gasteiger partial charge is 0.337 e. The average molecular weight is 443 g/mol. The quantitative estimate of drug-likeness (QED) is 0.349. The first-order chi connectivity index (χ1) is 15.7. The van der Waals surface area contributed by atoms with E-state index in [4.69, 9.17) is 10.5 Å². The van der Waals surface area contributed by atoms with Gasteiger partial charge in [0.2, 0.25) is 0 Å². The number of anilines is 2. The predicted molar refractivity (Wildman–Crippen MR) is 129 cm³/mol. The Kier molecular flexibility index (Phi) is 5.78. The van der Waals surface area contributed by atoms with Crippen LogP contribution in [-0.2, 0) is 16.1 Å². The number of fused-ring (bicyclic) bond motifs is 1. The second-order valence-corrected chi connectivity index (χ2v) is 8.53. The summed E-state index contributed by atoms with van der Waals surface area (Å²) in [7, 11) is 1.34. The minimum Gasteiger partial charge on any atom is -0.465 e. The Bertz CT molecular complexity index is 1250. The fourth-order valence-corrected chi connectivity index (χ4v) is 4.23. The van der Waals surface area contributed by atoms with Crippen LogP contribution in [0, 0.1) is 0 Å². The van der Waals surface area contributed by atoms with Gasteiger partial charge in [-0.05, 0) is 55.3 Å². The molecule has 4 rings (SSSR count). The third-order valence-corrected chi connectivity index (χ3v) is 5.67. The van der Waals surface area contributed by atoms with Crippen LogP contribution in [0.25, 0.3) is 11.1 Å². The van der Waals surface area contributed by atoms with Gasteiger partial charge in [-0.15, -0.1) is 0 Å². The molecule has 0 aromatic heterocycles. The first-order valence-corrected chi connectivity index (χ1v) is 10.6. The van der Waals surface area contributed by atoms with Crippen LogP contribution in [0.3, 0.4) is 0 Å². The lowest BCUT2D eigenvalue weighted by atomic mass is 9.85. The molecule has 0 spiro atoms. The third kappa shape index (κ3) is 4.25. The van der Waals surface area contributed by atoms with Crippen LogP contribution in [-0.4, -0.2) is 29.7 Å². The highest BCUT2D eigenvalue weighted by Gasteiger charge is 2.38. The number of nitrogens with two attached hydrogens (primary N) is 1. The van der Waals surface area contributed by atoms with Crippen LogP contribution in [0.15, 0.2) is 72.8 Å². The normalized spacial score (nSPS) is 14.8. The minimum absolute atomic E-state index is 0.214. The number of esters is 1. The fraction of sp³-hybridized carbons (Fsp3) is 0.185. The second-order valence-electron chi connectivity index (χ2n) is 8.53. The Balaban J connectivity index is 1.85. The van der Waals surface area contributed by atoms with Crippen molar-refractivity contribution < 1.29 is 19.4 Å². The van der Waals surface area contributed by atoms with E-state index in [9.17, 15) is 14.7 Å². The van der Waals surface area contributed by atoms with Crippen LogP contribution in [0.4, 0.5) is 11.4 Å². The standard InChI is InChI=1S/C27H26N2O4/c1-27(2,32)24(18-11-13-20(28)14-12-18)23-21-9-4-5-10-22(21)29(25(23)30)16-17-7-6-8-19(15-17)26(31)33-3/h4-15,32H,16,28H2,1-3H3. The molecule has 6 nitrogen and oxygen atoms in total. The van der Waals surface area contributed by atoms with Crippen LogP contribution in [0.1, 0.15) is 40.9 Å². The Morgan fingerprint density at radius 2 is 1.70 bits per heavy atom. The van der Waals surface area contributed by atoms with Crippen LogP contribution in [0.5, 0.6) is 0 Å². The number of amides is 1. The van der Waals surface area contributed by atoms with Crippen molar-refractivity contribution in [1.82, 2.24) is 0 Å². The molecule has 0 aliphatic carbocycles. The SMILES string of the molecule is COC(=O)c1cccc(CN2C(=O)C(=C(c3ccc(N)cc3)C(C)(C)O)c3ccccc32)c1. The average Bonchev–Trinajstić information content (AvgIpc) is 3.05. The Morgan fingerprint density at radius 1 is 1.00 bits per heavy atom. The van der Waals surface area contributed by atoms with Crippen LogP contribution in [0.2, 0.25) is 0 Å². The van der Waals surface area contributed by atoms with Crippen molar-refractivity contribution in [3.63, 3.8) is 0 Å². The van der Waals surface area contributed by atoms with Gasteiger partial charge < -0.3 is 20.5 Å². The molecule has 0 fully saturated rings. The predicted octanol–water partition coefficient (Wildman–Crippen LogP) is 4.28. The molecule has 0 radical (unpaired) electrons. The van der Waals surface area contributed by atoms with Crippen molar-refractivity contribution in [3.8, 4) is 0 Å². The molecule has 6 heteroatoms. The van der Waals surface area contributed by atoms with E-state index in [0.29, 0.717) is 22.4 Å². The molecule has 1 aliphatic rings. The molecule has 0 saturated heterocycles. The summed E-state index contributed by atoms with van der Waals surface area (Å²) < 4.78 is 4.82. The molecule has 0 saturated carbocycles. The van der Waals surface area contributed by atoms with E-state index < -0.39 is 11.6 Å². The summed E-state index contributed by atoms with van der Waals surface area (Å²) in [6.07, 6.45) is 0. The Hall–Kier alpha value is -3.90. The Morgan fingerprint density at radius 3 is 2.36 bits per heavy atom. The van der Waals surface area contributed by atoms with Crippen LogP contribution < -0.4 is 10.6 Å². The van der Waals surface area contributed by atoms with E-state index >= 15 is 0 Å². The van der Waals surface area contributed by atoms with E-state index in [2.05, 4.69) is 0 Å². The summed E-state index contributed by atoms with van der Waals surface area (Å²) in [4.78, 5) is 27.4. The number of hydrogen-bond acceptors (Lipinski definition) is 5. The first-order valence-electron chi connectivity index (χ1n) is 10.6. The second kappa shape index (κ2) is 8.56. The van der Waals surface area contributed by atoms with Gasteiger partial charge >= 0.3 is 5.97 Å². The Labute approximate surface area is 192 Å². The van der Waals surface area contributed by atoms with Crippen molar-refractivity contribution in [2.24, 2.45) is 0 Å². The van der Waals surface area contributed by atoms with Gasteiger partial charge in [-0.3, -0.25) is 4.79 Å². The highest BCUT2D eigenvalue weighted by atomic mass is 16.5. The maximum Gasteiger partial charge on any atom is 0.337 e. The van der Waals surface area contributed by atoms with Crippen LogP contribution >= 0.6 is 0 Å². The highest BCUT2D eigenvalue weighted by molar-refractivity contribution is 6.38. The van der Waals surface area contributed by atoms with Gasteiger partial charge in [0, 0.05) is 16.8 Å². The van der Waals surface area contributed by atoms with Crippen molar-refractivity contribution in [2.75, 3.05) is 17.7 Å². The molecule has 1 amide bonds. The largest absolute Gasteiger partial charge is 0.465 e. The zero-order chi connectivity index (χ0) is 23.8. The zero-order valence-corrected chi connectivity index (χ0v) is 18.8. The number of aliphatic hydroxyl groups is 1. The van der Waals surface area contributed by atoms with Crippen molar-refractivity contribution in [1.29, 1.82) is 0 Å². The minimum atomic E-state index is -1.28. The van der Waals surface area contributed by atoms with Gasteiger partial charge in [0.1, 0.15) is 0 Å². The maximum absolute atomic E-state index is 13.8. The summed E-state index contributed by atoms with van der Waals surface area (Å²) in [6.45, 7) is 3.61. The molecule has 0 unspecified atom stereocenters. The van der Waals surface area contributed by atoms with Gasteiger partial charge in [0.05, 0.1) is 36.1 Å². The topological polar surface area (TPSA) is 92.9 Å². The van der Waals surface area contributed by atoms with E-state index in [1.54, 1.807) is 49.1 Å². The highest BCUT2D eigenvalue weighted by Crippen LogP contribution is 2.44. The van der Waals surface area contributed by atoms with Crippen molar-refractivity contribution in [2.45, 2.75) is 26.0 Å². The van der Waals surface area contributed by atoms with E-state index in [1.165, 1.54) is 7.11 Å². The van der Waals surface area contributed by atoms with Gasteiger partial charge in [-0.2, -0.15) is 0 Å². The van der Waals surface area contributed by atoms with Crippen molar-refractivity contribution in [3.05, 3.63) is 95.1 Å². The number of carbonyl (C=O) groups excluding carboxylic acids is 2. The summed E-state index contributed by atoms with van der Waals surface area (Å²) in [6, 6.07) is 21.7. The molecule has 3 N–H and O–H groups in total. The number of hydrogen-bond donors (Lipinski definition) is 2. The van der Waals surface area contributed by atoms with Gasteiger partial charge in [-0.1, -0.05) is 42.5 Å². The molecule has 33 heavy (non-hydrogen) atoms. The molecule has 3 aromatic rings. The molecule has 3 aromatic carbocycles. The lowest BCUT2D eigenvalue weighted by Gasteiger charge is -2.25. The number of nitrogens with zero attached hydrogens (tertiary/aromatic N) is 1. The van der Waals surface area contributed by atoms with Gasteiger partial charge in [-0.25, -0.2) is 4.79 Å². The van der Waals surface area contributed by atoms with E-state index in [1.807, 2.05) is 42.5 Å². The first kappa shape index (κ1) is 22.3. The molecular weight excluding hydrogens is 416 g/mol. The number of carbonyl (C=O) groups is 2. The number of ether oxygens (including phenoxy) is 1. The summed E-state index contributed by atoms with van der Waals surface area (Å²) in [5.74, 6) is -0.646. The van der Waals surface area contributed by atoms with E-state index in [-0.39, 0.29) is 12.5 Å². The number of para-hydroxylation sites is 1. The molecule has 1 heterocycles. The zero-order valence-electron chi connectivity index (χ0n) is 18.8. The van der Waals surface area contributed by atoms with Gasteiger partial charge in [0.15, 0.2) is 0 Å². The molecular formula is C27H26N2O4. The fourth-order valence-electron chi connectivity index (χ4n) is 4.23. The van der Waals surface area contributed by atoms with Crippen molar-refractivity contribution >= 4 is 34.4 Å². The molecule has 168 valence electrons. The lowest BCUT2D eigenvalue weighted by molar-refractivity contribution is -0.113. The summed E-state index contributed by atoms with van der Waals surface area (Å²) in [5, 5.41) is 11.1. The monoisotopic (exact) mass is 442 g/mol. The van der Waals surface area contributed by atoms with Gasteiger partial charge in [0.25, 0.3) is 5.91 Å². The number of methoxy groups -OCH3 is 1. The number of benzene rings is 3.